The SMILES string of the molecule is O=C(NCCn1nc(-c2ccc(F)cc2)ccc1=O)c1c[nH]c(=O)n(CC2CCCO2)c1=O. The van der Waals surface area contributed by atoms with Crippen LogP contribution in [0.5, 0.6) is 0 Å². The smallest absolute Gasteiger partial charge is 0.328 e. The number of rotatable bonds is 7. The van der Waals surface area contributed by atoms with Crippen molar-refractivity contribution in [2.45, 2.75) is 32.0 Å². The van der Waals surface area contributed by atoms with Gasteiger partial charge in [-0.15, -0.1) is 0 Å². The predicted molar refractivity (Wildman–Crippen MR) is 117 cm³/mol. The molecule has 2 N–H and O–H groups in total. The van der Waals surface area contributed by atoms with Gasteiger partial charge in [-0.05, 0) is 43.2 Å². The maximum absolute atomic E-state index is 13.1. The summed E-state index contributed by atoms with van der Waals surface area (Å²) in [7, 11) is 0. The van der Waals surface area contributed by atoms with Crippen LogP contribution in [-0.2, 0) is 17.8 Å². The summed E-state index contributed by atoms with van der Waals surface area (Å²) in [4.78, 5) is 51.8. The van der Waals surface area contributed by atoms with E-state index in [9.17, 15) is 23.6 Å². The van der Waals surface area contributed by atoms with E-state index in [1.165, 1.54) is 28.9 Å². The molecule has 172 valence electrons. The lowest BCUT2D eigenvalue weighted by Gasteiger charge is -2.12. The molecule has 2 aromatic heterocycles. The van der Waals surface area contributed by atoms with Crippen LogP contribution in [0.1, 0.15) is 23.2 Å². The van der Waals surface area contributed by atoms with Crippen molar-refractivity contribution in [3.05, 3.63) is 85.2 Å². The summed E-state index contributed by atoms with van der Waals surface area (Å²) in [5, 5.41) is 6.81. The molecule has 4 rings (SSSR count). The van der Waals surface area contributed by atoms with Crippen LogP contribution in [0.4, 0.5) is 4.39 Å². The second-order valence-corrected chi connectivity index (χ2v) is 7.60. The number of nitrogens with one attached hydrogen (secondary N) is 2. The number of hydrogen-bond donors (Lipinski definition) is 2. The first kappa shape index (κ1) is 22.3. The monoisotopic (exact) mass is 455 g/mol. The van der Waals surface area contributed by atoms with Gasteiger partial charge in [0.25, 0.3) is 17.0 Å². The summed E-state index contributed by atoms with van der Waals surface area (Å²) in [6.45, 7) is 0.716. The maximum Gasteiger partial charge on any atom is 0.328 e. The van der Waals surface area contributed by atoms with E-state index in [0.717, 1.165) is 23.6 Å². The van der Waals surface area contributed by atoms with E-state index in [-0.39, 0.29) is 42.7 Å². The number of halogens is 1. The lowest BCUT2D eigenvalue weighted by molar-refractivity contribution is 0.0922. The van der Waals surface area contributed by atoms with E-state index < -0.39 is 17.2 Å². The molecule has 1 amide bonds. The largest absolute Gasteiger partial charge is 0.376 e. The van der Waals surface area contributed by atoms with Crippen LogP contribution in [0.25, 0.3) is 11.3 Å². The molecule has 3 aromatic rings. The predicted octanol–water partition coefficient (Wildman–Crippen LogP) is 0.508. The highest BCUT2D eigenvalue weighted by Gasteiger charge is 2.20. The van der Waals surface area contributed by atoms with E-state index in [1.54, 1.807) is 12.1 Å². The van der Waals surface area contributed by atoms with Gasteiger partial charge < -0.3 is 15.0 Å². The zero-order valence-electron chi connectivity index (χ0n) is 17.6. The Hall–Kier alpha value is -3.86. The van der Waals surface area contributed by atoms with Gasteiger partial charge in [0.2, 0.25) is 0 Å². The Balaban J connectivity index is 1.44. The molecular weight excluding hydrogens is 433 g/mol. The number of carbonyl (C=O) groups excluding carboxylic acids is 1. The van der Waals surface area contributed by atoms with Crippen LogP contribution in [-0.4, -0.2) is 44.5 Å². The Morgan fingerprint density at radius 1 is 1.18 bits per heavy atom. The van der Waals surface area contributed by atoms with Crippen LogP contribution in [0, 0.1) is 5.82 Å². The number of hydrogen-bond acceptors (Lipinski definition) is 6. The number of benzene rings is 1. The number of H-pyrrole nitrogens is 1. The van der Waals surface area contributed by atoms with Crippen LogP contribution < -0.4 is 22.1 Å². The summed E-state index contributed by atoms with van der Waals surface area (Å²) >= 11 is 0. The van der Waals surface area contributed by atoms with E-state index in [2.05, 4.69) is 15.4 Å². The minimum atomic E-state index is -0.708. The van der Waals surface area contributed by atoms with Crippen molar-refractivity contribution < 1.29 is 13.9 Å². The van der Waals surface area contributed by atoms with Gasteiger partial charge in [-0.3, -0.25) is 19.0 Å². The second kappa shape index (κ2) is 9.74. The first-order chi connectivity index (χ1) is 15.9. The van der Waals surface area contributed by atoms with Crippen molar-refractivity contribution in [3.8, 4) is 11.3 Å². The van der Waals surface area contributed by atoms with E-state index in [0.29, 0.717) is 17.9 Å². The number of ether oxygens (including phenoxy) is 1. The van der Waals surface area contributed by atoms with Gasteiger partial charge >= 0.3 is 5.69 Å². The Labute approximate surface area is 186 Å². The Kier molecular flexibility index (Phi) is 6.59. The number of aromatic nitrogens is 4. The van der Waals surface area contributed by atoms with Crippen LogP contribution in [0.15, 0.2) is 57.0 Å². The Morgan fingerprint density at radius 2 is 1.97 bits per heavy atom. The normalized spacial score (nSPS) is 15.5. The number of aromatic amines is 1. The molecule has 0 spiro atoms. The number of amides is 1. The molecule has 0 radical (unpaired) electrons. The van der Waals surface area contributed by atoms with Gasteiger partial charge in [0.05, 0.1) is 24.9 Å². The van der Waals surface area contributed by atoms with Crippen LogP contribution >= 0.6 is 0 Å². The van der Waals surface area contributed by atoms with Crippen molar-refractivity contribution in [2.75, 3.05) is 13.2 Å². The second-order valence-electron chi connectivity index (χ2n) is 7.60. The highest BCUT2D eigenvalue weighted by atomic mass is 19.1. The van der Waals surface area contributed by atoms with Crippen molar-refractivity contribution in [1.82, 2.24) is 24.6 Å². The Bertz CT molecular complexity index is 1320. The van der Waals surface area contributed by atoms with E-state index in [4.69, 9.17) is 4.74 Å². The molecule has 1 atom stereocenters. The molecule has 1 aromatic carbocycles. The highest BCUT2D eigenvalue weighted by Crippen LogP contribution is 2.15. The average Bonchev–Trinajstić information content (AvgIpc) is 3.32. The standard InChI is InChI=1S/C22H22FN5O5/c23-15-5-3-14(4-6-15)18-7-8-19(29)28(26-18)10-9-24-20(30)17-12-25-22(32)27(21(17)31)13-16-2-1-11-33-16/h3-8,12,16H,1-2,9-11,13H2,(H,24,30)(H,25,32). The maximum atomic E-state index is 13.1. The van der Waals surface area contributed by atoms with Crippen LogP contribution in [0.2, 0.25) is 0 Å². The fraction of sp³-hybridized carbons (Fsp3) is 0.318. The molecule has 11 heteroatoms. The molecular formula is C22H22FN5O5. The molecule has 0 saturated carbocycles. The topological polar surface area (TPSA) is 128 Å². The number of nitrogens with zero attached hydrogens (tertiary/aromatic N) is 3. The minimum Gasteiger partial charge on any atom is -0.376 e. The molecule has 0 aliphatic carbocycles. The summed E-state index contributed by atoms with van der Waals surface area (Å²) in [6, 6.07) is 8.55. The van der Waals surface area contributed by atoms with E-state index >= 15 is 0 Å². The Morgan fingerprint density at radius 3 is 2.70 bits per heavy atom. The number of carbonyl (C=O) groups is 1. The molecule has 1 unspecified atom stereocenters. The lowest BCUT2D eigenvalue weighted by Crippen LogP contribution is -2.43. The lowest BCUT2D eigenvalue weighted by atomic mass is 10.1. The van der Waals surface area contributed by atoms with Gasteiger partial charge in [-0.1, -0.05) is 0 Å². The van der Waals surface area contributed by atoms with Crippen molar-refractivity contribution >= 4 is 5.91 Å². The zero-order valence-corrected chi connectivity index (χ0v) is 17.6. The fourth-order valence-corrected chi connectivity index (χ4v) is 3.59. The van der Waals surface area contributed by atoms with Gasteiger partial charge in [0.15, 0.2) is 0 Å². The summed E-state index contributed by atoms with van der Waals surface area (Å²) in [5.74, 6) is -1.06. The van der Waals surface area contributed by atoms with Gasteiger partial charge in [0, 0.05) is 31.0 Å². The fourth-order valence-electron chi connectivity index (χ4n) is 3.59. The molecule has 33 heavy (non-hydrogen) atoms. The molecule has 1 aliphatic rings. The summed E-state index contributed by atoms with van der Waals surface area (Å²) in [6.07, 6.45) is 2.42. The third-order valence-corrected chi connectivity index (χ3v) is 5.33. The molecule has 10 nitrogen and oxygen atoms in total. The molecule has 0 bridgehead atoms. The highest BCUT2D eigenvalue weighted by molar-refractivity contribution is 5.93. The molecule has 1 fully saturated rings. The van der Waals surface area contributed by atoms with E-state index in [1.807, 2.05) is 0 Å². The zero-order chi connectivity index (χ0) is 23.4. The van der Waals surface area contributed by atoms with Crippen molar-refractivity contribution in [1.29, 1.82) is 0 Å². The molecule has 3 heterocycles. The van der Waals surface area contributed by atoms with Gasteiger partial charge in [-0.2, -0.15) is 5.10 Å². The first-order valence-electron chi connectivity index (χ1n) is 10.5. The molecule has 1 aliphatic heterocycles. The average molecular weight is 455 g/mol. The summed E-state index contributed by atoms with van der Waals surface area (Å²) in [5.41, 5.74) is -0.806. The molecule has 1 saturated heterocycles. The first-order valence-corrected chi connectivity index (χ1v) is 10.5. The van der Waals surface area contributed by atoms with Crippen molar-refractivity contribution in [3.63, 3.8) is 0 Å². The summed E-state index contributed by atoms with van der Waals surface area (Å²) < 4.78 is 20.7. The quantitative estimate of drug-likeness (QED) is 0.534. The van der Waals surface area contributed by atoms with Crippen LogP contribution in [0.3, 0.4) is 0 Å². The third-order valence-electron chi connectivity index (χ3n) is 5.33. The van der Waals surface area contributed by atoms with Gasteiger partial charge in [-0.25, -0.2) is 13.9 Å². The minimum absolute atomic E-state index is 0.0168. The third kappa shape index (κ3) is 5.14. The van der Waals surface area contributed by atoms with Crippen molar-refractivity contribution in [2.24, 2.45) is 0 Å². The van der Waals surface area contributed by atoms with Gasteiger partial charge in [0.1, 0.15) is 11.4 Å².